The normalized spacial score (nSPS) is 11.0. The Bertz CT molecular complexity index is 782. The Labute approximate surface area is 139 Å². The second kappa shape index (κ2) is 7.02. The van der Waals surface area contributed by atoms with E-state index in [4.69, 9.17) is 11.6 Å². The van der Waals surface area contributed by atoms with Crippen molar-refractivity contribution in [3.63, 3.8) is 0 Å². The Morgan fingerprint density at radius 2 is 1.87 bits per heavy atom. The van der Waals surface area contributed by atoms with Crippen molar-refractivity contribution in [2.75, 3.05) is 12.1 Å². The van der Waals surface area contributed by atoms with Gasteiger partial charge in [-0.2, -0.15) is 9.78 Å². The van der Waals surface area contributed by atoms with Gasteiger partial charge in [0.1, 0.15) is 0 Å². The molecule has 0 bridgehead atoms. The second-order valence-corrected chi connectivity index (χ2v) is 5.28. The quantitative estimate of drug-likeness (QED) is 0.534. The van der Waals surface area contributed by atoms with Crippen molar-refractivity contribution >= 4 is 23.5 Å². The van der Waals surface area contributed by atoms with E-state index in [-0.39, 0.29) is 0 Å². The van der Waals surface area contributed by atoms with Gasteiger partial charge in [0.25, 0.3) is 0 Å². The highest BCUT2D eigenvalue weighted by atomic mass is 35.5. The molecule has 6 nitrogen and oxygen atoms in total. The molecule has 1 heterocycles. The van der Waals surface area contributed by atoms with E-state index in [2.05, 4.69) is 20.6 Å². The van der Waals surface area contributed by atoms with Crippen molar-refractivity contribution in [1.29, 1.82) is 0 Å². The number of hydrogen-bond acceptors (Lipinski definition) is 5. The van der Waals surface area contributed by atoms with E-state index >= 15 is 0 Å². The molecule has 0 unspecified atom stereocenters. The smallest absolute Gasteiger partial charge is 0.162 e. The van der Waals surface area contributed by atoms with Gasteiger partial charge in [0.2, 0.25) is 0 Å². The fourth-order valence-electron chi connectivity index (χ4n) is 2.07. The molecule has 3 rings (SSSR count). The Morgan fingerprint density at radius 1 is 1.13 bits per heavy atom. The molecular formula is C16H15ClN6. The predicted molar refractivity (Wildman–Crippen MR) is 91.2 cm³/mol. The maximum absolute atomic E-state index is 5.90. The zero-order valence-electron chi connectivity index (χ0n) is 12.5. The SMILES string of the molecule is CN(/N=C\Cc1nnnn1-c1ccc(Cl)cc1)c1ccccc1. The molecule has 0 aliphatic heterocycles. The van der Waals surface area contributed by atoms with Crippen LogP contribution in [0.1, 0.15) is 5.82 Å². The molecule has 0 amide bonds. The van der Waals surface area contributed by atoms with Crippen LogP contribution in [0.15, 0.2) is 59.7 Å². The van der Waals surface area contributed by atoms with Crippen molar-refractivity contribution in [2.24, 2.45) is 5.10 Å². The molecule has 1 aromatic heterocycles. The molecule has 23 heavy (non-hydrogen) atoms. The van der Waals surface area contributed by atoms with Gasteiger partial charge in [-0.05, 0) is 46.8 Å². The topological polar surface area (TPSA) is 59.2 Å². The van der Waals surface area contributed by atoms with Gasteiger partial charge in [0.15, 0.2) is 5.82 Å². The lowest BCUT2D eigenvalue weighted by atomic mass is 10.3. The average molecular weight is 327 g/mol. The Balaban J connectivity index is 1.71. The Hall–Kier alpha value is -2.73. The highest BCUT2D eigenvalue weighted by Crippen LogP contribution is 2.14. The largest absolute Gasteiger partial charge is 0.269 e. The van der Waals surface area contributed by atoms with E-state index in [0.29, 0.717) is 17.3 Å². The first-order valence-corrected chi connectivity index (χ1v) is 7.46. The summed E-state index contributed by atoms with van der Waals surface area (Å²) >= 11 is 5.90. The van der Waals surface area contributed by atoms with E-state index in [0.717, 1.165) is 11.4 Å². The number of rotatable bonds is 5. The van der Waals surface area contributed by atoms with Crippen molar-refractivity contribution < 1.29 is 0 Å². The van der Waals surface area contributed by atoms with E-state index in [1.807, 2.05) is 49.5 Å². The first-order chi connectivity index (χ1) is 11.2. The summed E-state index contributed by atoms with van der Waals surface area (Å²) in [7, 11) is 1.90. The lowest BCUT2D eigenvalue weighted by molar-refractivity contribution is 0.775. The third-order valence-corrected chi connectivity index (χ3v) is 3.52. The lowest BCUT2D eigenvalue weighted by Gasteiger charge is -2.11. The van der Waals surface area contributed by atoms with Gasteiger partial charge < -0.3 is 0 Å². The van der Waals surface area contributed by atoms with Crippen LogP contribution in [0.3, 0.4) is 0 Å². The number of halogens is 1. The maximum Gasteiger partial charge on any atom is 0.162 e. The first kappa shape index (κ1) is 15.2. The van der Waals surface area contributed by atoms with Crippen LogP contribution in [-0.2, 0) is 6.42 Å². The summed E-state index contributed by atoms with van der Waals surface area (Å²) in [6.07, 6.45) is 2.30. The molecule has 3 aromatic rings. The van der Waals surface area contributed by atoms with Crippen LogP contribution < -0.4 is 5.01 Å². The monoisotopic (exact) mass is 326 g/mol. The minimum absolute atomic E-state index is 0.521. The van der Waals surface area contributed by atoms with E-state index < -0.39 is 0 Å². The van der Waals surface area contributed by atoms with Gasteiger partial charge >= 0.3 is 0 Å². The molecule has 0 N–H and O–H groups in total. The molecule has 0 aliphatic rings. The van der Waals surface area contributed by atoms with Crippen molar-refractivity contribution in [3.8, 4) is 5.69 Å². The van der Waals surface area contributed by atoms with Crippen molar-refractivity contribution in [3.05, 3.63) is 65.4 Å². The van der Waals surface area contributed by atoms with E-state index in [9.17, 15) is 0 Å². The number of benzene rings is 2. The molecule has 0 radical (unpaired) electrons. The molecule has 0 fully saturated rings. The number of hydrogen-bond donors (Lipinski definition) is 0. The van der Waals surface area contributed by atoms with Crippen LogP contribution in [0, 0.1) is 0 Å². The summed E-state index contributed by atoms with van der Waals surface area (Å²) in [5, 5.41) is 18.7. The van der Waals surface area contributed by atoms with Crippen LogP contribution >= 0.6 is 11.6 Å². The van der Waals surface area contributed by atoms with Gasteiger partial charge in [-0.15, -0.1) is 5.10 Å². The maximum atomic E-state index is 5.90. The summed E-state index contributed by atoms with van der Waals surface area (Å²) in [5.41, 5.74) is 1.88. The van der Waals surface area contributed by atoms with Crippen LogP contribution in [0.2, 0.25) is 5.02 Å². The first-order valence-electron chi connectivity index (χ1n) is 7.08. The minimum Gasteiger partial charge on any atom is -0.269 e. The molecule has 0 saturated carbocycles. The average Bonchev–Trinajstić information content (AvgIpc) is 3.05. The number of nitrogens with zero attached hydrogens (tertiary/aromatic N) is 6. The van der Waals surface area contributed by atoms with Crippen LogP contribution in [-0.4, -0.2) is 33.5 Å². The molecule has 0 spiro atoms. The Kier molecular flexibility index (Phi) is 4.63. The number of tetrazole rings is 1. The fourth-order valence-corrected chi connectivity index (χ4v) is 2.20. The fraction of sp³-hybridized carbons (Fsp3) is 0.125. The third-order valence-electron chi connectivity index (χ3n) is 3.26. The molecular weight excluding hydrogens is 312 g/mol. The zero-order chi connectivity index (χ0) is 16.1. The second-order valence-electron chi connectivity index (χ2n) is 4.84. The minimum atomic E-state index is 0.521. The number of hydrazone groups is 1. The number of aromatic nitrogens is 4. The van der Waals surface area contributed by atoms with Crippen molar-refractivity contribution in [2.45, 2.75) is 6.42 Å². The highest BCUT2D eigenvalue weighted by molar-refractivity contribution is 6.30. The summed E-state index contributed by atoms with van der Waals surface area (Å²) < 4.78 is 1.67. The van der Waals surface area contributed by atoms with Gasteiger partial charge in [-0.25, -0.2) is 0 Å². The molecule has 116 valence electrons. The molecule has 0 aliphatic carbocycles. The van der Waals surface area contributed by atoms with Gasteiger partial charge in [-0.3, -0.25) is 5.01 Å². The highest BCUT2D eigenvalue weighted by Gasteiger charge is 2.07. The summed E-state index contributed by atoms with van der Waals surface area (Å²) in [6.45, 7) is 0. The summed E-state index contributed by atoms with van der Waals surface area (Å²) in [4.78, 5) is 0. The lowest BCUT2D eigenvalue weighted by Crippen LogP contribution is -2.10. The molecule has 7 heteroatoms. The molecule has 0 saturated heterocycles. The summed E-state index contributed by atoms with van der Waals surface area (Å²) in [6, 6.07) is 17.3. The number of para-hydroxylation sites is 1. The van der Waals surface area contributed by atoms with E-state index in [1.54, 1.807) is 28.0 Å². The van der Waals surface area contributed by atoms with Crippen LogP contribution in [0.4, 0.5) is 5.69 Å². The predicted octanol–water partition coefficient (Wildman–Crippen LogP) is 2.98. The summed E-state index contributed by atoms with van der Waals surface area (Å²) in [5.74, 6) is 0.706. The van der Waals surface area contributed by atoms with Crippen molar-refractivity contribution in [1.82, 2.24) is 20.2 Å². The van der Waals surface area contributed by atoms with Gasteiger partial charge in [0, 0.05) is 24.7 Å². The van der Waals surface area contributed by atoms with Gasteiger partial charge in [0.05, 0.1) is 11.4 Å². The Morgan fingerprint density at radius 3 is 2.61 bits per heavy atom. The standard InChI is InChI=1S/C16H15ClN6/c1-22(14-5-3-2-4-6-14)18-12-11-16-19-20-21-23(16)15-9-7-13(17)8-10-15/h2-10,12H,11H2,1H3/b18-12-. The zero-order valence-corrected chi connectivity index (χ0v) is 13.3. The molecule has 2 aromatic carbocycles. The molecule has 0 atom stereocenters. The number of anilines is 1. The van der Waals surface area contributed by atoms with Gasteiger partial charge in [-0.1, -0.05) is 29.8 Å². The third kappa shape index (κ3) is 3.73. The van der Waals surface area contributed by atoms with Crippen LogP contribution in [0.5, 0.6) is 0 Å². The van der Waals surface area contributed by atoms with Crippen LogP contribution in [0.25, 0.3) is 5.69 Å². The van der Waals surface area contributed by atoms with E-state index in [1.165, 1.54) is 0 Å².